The molecule has 138 heavy (non-hydrogen) atoms. The van der Waals surface area contributed by atoms with Gasteiger partial charge in [-0.25, -0.2) is 33.4 Å². The number of para-hydroxylation sites is 3. The molecule has 0 aliphatic carbocycles. The SMILES string of the molecule is CC(C)c1nn(C)c2c(N=Nc3nc4ccccc4o3)c(C(C)(C)C)nn12.CC(C)c1nn(C)c2c(N=Nc3nc4ccccc4s3)c(C(C)(C)C)nn12.CCOC(=O)c1c(N=Nc2c(C(C)(C)C)nn3c(C(C)C)nn(C)c23)sc(C#N)c1C.CCSc1nnc(N=Nc2c(C(C)(C)C)nn3c(C(C)C)nn(CC)c23)s1.[C-]#[N+]c1c(C)noc1N=Nc1c(C(C)(C)C)nn2nc(C(C)C)n(C)c12. The second-order valence-corrected chi connectivity index (χ2v) is 44.1. The average molecular weight is 1950 g/mol. The molecule has 17 rings (SSSR count). The zero-order chi connectivity index (χ0) is 101. The fourth-order valence-electron chi connectivity index (χ4n) is 14.8. The fraction of sp³-hybridized carbons (Fsp3) is 0.505. The molecule has 0 atom stereocenters. The quantitative estimate of drug-likeness (QED) is 0.0296. The number of esters is 1. The summed E-state index contributed by atoms with van der Waals surface area (Å²) in [6, 6.07) is 17.9. The van der Waals surface area contributed by atoms with Gasteiger partial charge in [0.05, 0.1) is 57.6 Å². The van der Waals surface area contributed by atoms with Gasteiger partial charge in [0.15, 0.2) is 94.9 Å². The lowest BCUT2D eigenvalue weighted by Gasteiger charge is -2.15. The van der Waals surface area contributed by atoms with E-state index in [0.29, 0.717) is 54.0 Å². The van der Waals surface area contributed by atoms with Crippen molar-refractivity contribution in [2.24, 2.45) is 79.3 Å². The number of hydrogen-bond acceptors (Lipinski definition) is 34. The number of nitrogens with zero attached hydrogens (tertiary/aromatic N) is 37. The zero-order valence-corrected chi connectivity index (χ0v) is 88.2. The molecule has 0 amide bonds. The Morgan fingerprint density at radius 3 is 1.41 bits per heavy atom. The lowest BCUT2D eigenvalue weighted by Crippen LogP contribution is -2.13. The van der Waals surface area contributed by atoms with E-state index in [4.69, 9.17) is 45.7 Å². The van der Waals surface area contributed by atoms with Crippen molar-refractivity contribution >= 4 is 163 Å². The first kappa shape index (κ1) is 102. The van der Waals surface area contributed by atoms with Gasteiger partial charge in [-0.3, -0.25) is 0 Å². The van der Waals surface area contributed by atoms with Gasteiger partial charge in [-0.2, -0.15) is 74.2 Å². The van der Waals surface area contributed by atoms with Gasteiger partial charge in [0.1, 0.15) is 27.9 Å². The number of benzene rings is 2. The predicted octanol–water partition coefficient (Wildman–Crippen LogP) is 26.0. The Balaban J connectivity index is 0.000000146. The van der Waals surface area contributed by atoms with Gasteiger partial charge < -0.3 is 18.2 Å². The zero-order valence-electron chi connectivity index (χ0n) is 84.9. The molecule has 0 saturated carbocycles. The van der Waals surface area contributed by atoms with Gasteiger partial charge in [0, 0.05) is 91.4 Å². The second kappa shape index (κ2) is 40.3. The van der Waals surface area contributed by atoms with E-state index in [1.54, 1.807) is 46.5 Å². The molecule has 0 aliphatic rings. The monoisotopic (exact) mass is 1950 g/mol. The van der Waals surface area contributed by atoms with E-state index < -0.39 is 5.97 Å². The van der Waals surface area contributed by atoms with Crippen LogP contribution in [-0.4, -0.2) is 141 Å². The Bertz CT molecular complexity index is 7330. The van der Waals surface area contributed by atoms with Crippen molar-refractivity contribution < 1.29 is 18.5 Å². The van der Waals surface area contributed by atoms with Crippen molar-refractivity contribution in [2.75, 3.05) is 12.4 Å². The van der Waals surface area contributed by atoms with E-state index in [1.165, 1.54) is 22.7 Å². The van der Waals surface area contributed by atoms with Gasteiger partial charge >= 0.3 is 12.0 Å². The van der Waals surface area contributed by atoms with Crippen LogP contribution >= 0.6 is 45.8 Å². The number of rotatable bonds is 20. The van der Waals surface area contributed by atoms with Crippen LogP contribution in [0, 0.1) is 31.8 Å². The number of ether oxygens (including phenoxy) is 1. The summed E-state index contributed by atoms with van der Waals surface area (Å²) >= 11 is 5.76. The third-order valence-electron chi connectivity index (χ3n) is 21.5. The second-order valence-electron chi connectivity index (χ2n) is 39.6. The lowest BCUT2D eigenvalue weighted by molar-refractivity contribution is 0.0527. The first-order valence-electron chi connectivity index (χ1n) is 45.6. The number of thioether (sulfide) groups is 1. The van der Waals surface area contributed by atoms with E-state index >= 15 is 0 Å². The number of nitriles is 1. The third kappa shape index (κ3) is 21.0. The summed E-state index contributed by atoms with van der Waals surface area (Å²) in [7, 11) is 7.61. The molecule has 0 fully saturated rings. The van der Waals surface area contributed by atoms with Gasteiger partial charge in [-0.05, 0) is 63.3 Å². The van der Waals surface area contributed by atoms with Crippen LogP contribution in [0.4, 0.5) is 61.3 Å². The molecule has 2 aromatic carbocycles. The molecule has 0 aliphatic heterocycles. The highest BCUT2D eigenvalue weighted by Crippen LogP contribution is 2.46. The van der Waals surface area contributed by atoms with Gasteiger partial charge in [0.2, 0.25) is 5.13 Å². The van der Waals surface area contributed by atoms with E-state index in [-0.39, 0.29) is 86.4 Å². The largest absolute Gasteiger partial charge is 0.462 e. The molecular formula is C93H121N37O4S4. The minimum atomic E-state index is -0.509. The summed E-state index contributed by atoms with van der Waals surface area (Å²) in [5.41, 5.74) is 14.5. The van der Waals surface area contributed by atoms with Crippen LogP contribution < -0.4 is 0 Å². The smallest absolute Gasteiger partial charge is 0.341 e. The molecule has 0 spiro atoms. The highest BCUT2D eigenvalue weighted by Gasteiger charge is 2.36. The van der Waals surface area contributed by atoms with Gasteiger partial charge in [-0.15, -0.1) is 77.3 Å². The van der Waals surface area contributed by atoms with Crippen LogP contribution in [0.1, 0.15) is 308 Å². The Morgan fingerprint density at radius 2 is 0.942 bits per heavy atom. The van der Waals surface area contributed by atoms with Crippen molar-refractivity contribution in [1.29, 1.82) is 5.26 Å². The first-order chi connectivity index (χ1) is 64.9. The number of carbonyl (C=O) groups excluding carboxylic acids is 1. The number of thiazole rings is 1. The number of aromatic nitrogens is 25. The number of azo groups is 5. The third-order valence-corrected chi connectivity index (χ3v) is 25.3. The lowest BCUT2D eigenvalue weighted by atomic mass is 9.91. The number of hydrogen-bond donors (Lipinski definition) is 0. The Kier molecular flexibility index (Phi) is 29.7. The highest BCUT2D eigenvalue weighted by atomic mass is 32.2. The number of aryl methyl sites for hydroxylation is 6. The van der Waals surface area contributed by atoms with Crippen LogP contribution in [0.5, 0.6) is 0 Å². The molecule has 17 aromatic rings. The molecule has 15 heterocycles. The standard InChI is InChI=1S/C21H27N7O2S.C19H23N7O.C19H23N7S.C17H22N8O.C17H26N8S2/c1-9-30-20(29)14-12(4)13(10-22)31-18(14)24-23-15-16(21(5,6)7)25-28-17(11(2)3)26-27(8)19(15)28;2*1-11(2)16-24-25(6)17-14(15(19(3,4)5)23-26(16)17)21-22-18-20-12-9-7-8-10-13(12)27-18;1-9(2)14-22-25-16(24(14)8)12(13(21-25)17(4,5)6)19-20-15-11(18-7)10(3)23-26-15;1-8-24-14-11(18-19-15-20-21-16(27-15)26-9-2)12(17(5,6)7)22-25(14)13(23-24)10(3)4/h11H,9H2,1-8H3;2*7-11H,1-6H3;9H,1-6,8H3;10H,8-9H2,1-7H3. The number of fused-ring (bicyclic) bond motifs is 7. The predicted molar refractivity (Wildman–Crippen MR) is 536 cm³/mol. The van der Waals surface area contributed by atoms with Crippen LogP contribution in [0.2, 0.25) is 0 Å². The minimum absolute atomic E-state index is 0.1000. The summed E-state index contributed by atoms with van der Waals surface area (Å²) < 4.78 is 36.4. The molecule has 0 N–H and O–H groups in total. The van der Waals surface area contributed by atoms with Crippen molar-refractivity contribution in [2.45, 2.75) is 275 Å². The van der Waals surface area contributed by atoms with Gasteiger partial charge in [0.25, 0.3) is 16.7 Å². The van der Waals surface area contributed by atoms with Crippen LogP contribution in [0.15, 0.2) is 113 Å². The van der Waals surface area contributed by atoms with Crippen LogP contribution in [-0.2, 0) is 66.5 Å². The maximum Gasteiger partial charge on any atom is 0.341 e. The normalized spacial score (nSPS) is 12.7. The summed E-state index contributed by atoms with van der Waals surface area (Å²) in [5.74, 6) is 6.19. The highest BCUT2D eigenvalue weighted by molar-refractivity contribution is 8.01. The van der Waals surface area contributed by atoms with Crippen molar-refractivity contribution in [3.05, 3.63) is 139 Å². The summed E-state index contributed by atoms with van der Waals surface area (Å²) in [5, 5.41) is 114. The van der Waals surface area contributed by atoms with E-state index in [9.17, 15) is 10.1 Å². The summed E-state index contributed by atoms with van der Waals surface area (Å²) in [6.07, 6.45) is 0. The Morgan fingerprint density at radius 1 is 0.500 bits per heavy atom. The fourth-order valence-corrected chi connectivity index (χ4v) is 18.1. The summed E-state index contributed by atoms with van der Waals surface area (Å²) in [6.45, 7) is 69.9. The molecule has 0 saturated heterocycles. The topological polar surface area (TPSA) is 444 Å². The number of thiophene rings is 1. The van der Waals surface area contributed by atoms with Gasteiger partial charge in [-0.1, -0.05) is 249 Å². The molecule has 41 nitrogen and oxygen atoms in total. The number of oxazole rings is 1. The Hall–Kier alpha value is -13.5. The molecule has 0 unspecified atom stereocenters. The maximum absolute atomic E-state index is 12.5. The molecular weight excluding hydrogens is 1830 g/mol. The summed E-state index contributed by atoms with van der Waals surface area (Å²) in [4.78, 5) is 25.2. The number of carbonyl (C=O) groups is 1. The van der Waals surface area contributed by atoms with Crippen molar-refractivity contribution in [3.63, 3.8) is 0 Å². The molecule has 726 valence electrons. The molecule has 15 aromatic heterocycles. The minimum Gasteiger partial charge on any atom is -0.462 e. The molecule has 45 heteroatoms. The molecule has 0 radical (unpaired) electrons. The molecule has 0 bridgehead atoms. The van der Waals surface area contributed by atoms with E-state index in [2.05, 4.69) is 300 Å². The Labute approximate surface area is 815 Å². The first-order valence-corrected chi connectivity index (χ1v) is 49.0. The van der Waals surface area contributed by atoms with E-state index in [0.717, 1.165) is 141 Å². The van der Waals surface area contributed by atoms with Crippen molar-refractivity contribution in [3.8, 4) is 6.07 Å². The van der Waals surface area contributed by atoms with E-state index in [1.807, 2.05) is 109 Å². The van der Waals surface area contributed by atoms with Crippen LogP contribution in [0.25, 0.3) is 54.4 Å². The van der Waals surface area contributed by atoms with Crippen molar-refractivity contribution in [1.82, 2.24) is 122 Å². The maximum atomic E-state index is 12.5. The van der Waals surface area contributed by atoms with Crippen LogP contribution in [0.3, 0.4) is 0 Å². The average Bonchev–Trinajstić information content (AvgIpc) is 1.58.